The summed E-state index contributed by atoms with van der Waals surface area (Å²) in [6.45, 7) is 4.56. The number of amides is 2. The molecule has 5 heteroatoms. The average Bonchev–Trinajstić information content (AvgIpc) is 2.84. The van der Waals surface area contributed by atoms with Crippen LogP contribution in [0.5, 0.6) is 0 Å². The van der Waals surface area contributed by atoms with Gasteiger partial charge < -0.3 is 10.6 Å². The number of nitrogens with zero attached hydrogens (tertiary/aromatic N) is 1. The van der Waals surface area contributed by atoms with Crippen LogP contribution in [-0.2, 0) is 9.59 Å². The second-order valence-corrected chi connectivity index (χ2v) is 6.82. The molecule has 1 aromatic rings. The maximum absolute atomic E-state index is 12.3. The van der Waals surface area contributed by atoms with Crippen molar-refractivity contribution in [3.05, 3.63) is 24.3 Å². The summed E-state index contributed by atoms with van der Waals surface area (Å²) in [6, 6.07) is 7.37. The van der Waals surface area contributed by atoms with Gasteiger partial charge in [0.15, 0.2) is 0 Å². The van der Waals surface area contributed by atoms with Crippen LogP contribution in [-0.4, -0.2) is 36.3 Å². The summed E-state index contributed by atoms with van der Waals surface area (Å²) in [7, 11) is 0. The summed E-state index contributed by atoms with van der Waals surface area (Å²) < 4.78 is 0. The van der Waals surface area contributed by atoms with Crippen LogP contribution in [0.15, 0.2) is 24.3 Å². The number of hydrogen-bond donors (Lipinski definition) is 2. The lowest BCUT2D eigenvalue weighted by atomic mass is 10.2. The molecule has 1 aromatic carbocycles. The minimum Gasteiger partial charge on any atom is -0.326 e. The van der Waals surface area contributed by atoms with E-state index in [0.717, 1.165) is 43.7 Å². The Morgan fingerprint density at radius 1 is 0.960 bits per heavy atom. The number of nitrogens with one attached hydrogen (secondary N) is 2. The molecule has 0 aromatic heterocycles. The van der Waals surface area contributed by atoms with Crippen LogP contribution in [0.25, 0.3) is 0 Å². The fraction of sp³-hybridized carbons (Fsp3) is 0.600. The van der Waals surface area contributed by atoms with E-state index in [2.05, 4.69) is 22.5 Å². The molecule has 0 aliphatic carbocycles. The van der Waals surface area contributed by atoms with Gasteiger partial charge in [-0.05, 0) is 50.6 Å². The van der Waals surface area contributed by atoms with Gasteiger partial charge in [0.2, 0.25) is 11.8 Å². The zero-order valence-corrected chi connectivity index (χ0v) is 15.4. The number of unbranched alkanes of at least 4 members (excludes halogenated alkanes) is 2. The van der Waals surface area contributed by atoms with Crippen molar-refractivity contribution in [3.63, 3.8) is 0 Å². The molecule has 0 bridgehead atoms. The molecule has 1 aliphatic heterocycles. The third-order valence-electron chi connectivity index (χ3n) is 4.50. The Morgan fingerprint density at radius 2 is 1.60 bits per heavy atom. The van der Waals surface area contributed by atoms with Gasteiger partial charge in [0.25, 0.3) is 0 Å². The van der Waals surface area contributed by atoms with Gasteiger partial charge in [-0.1, -0.05) is 38.7 Å². The highest BCUT2D eigenvalue weighted by atomic mass is 16.2. The minimum absolute atomic E-state index is 0.00771. The van der Waals surface area contributed by atoms with Crippen molar-refractivity contribution in [3.8, 4) is 0 Å². The highest BCUT2D eigenvalue weighted by molar-refractivity contribution is 5.94. The van der Waals surface area contributed by atoms with E-state index in [9.17, 15) is 9.59 Å². The standard InChI is InChI=1S/C20H31N3O2/c1-2-3-6-12-19(24)21-17-10-9-11-18(15-17)22-20(25)16-23-13-7-4-5-8-14-23/h9-11,15H,2-8,12-14,16H2,1H3,(H,21,24)(H,22,25). The Hall–Kier alpha value is -1.88. The summed E-state index contributed by atoms with van der Waals surface area (Å²) in [5, 5.41) is 5.85. The van der Waals surface area contributed by atoms with Crippen LogP contribution in [0.3, 0.4) is 0 Å². The molecule has 5 nitrogen and oxygen atoms in total. The van der Waals surface area contributed by atoms with Gasteiger partial charge in [-0.25, -0.2) is 0 Å². The summed E-state index contributed by atoms with van der Waals surface area (Å²) in [5.41, 5.74) is 1.46. The first-order valence-electron chi connectivity index (χ1n) is 9.59. The van der Waals surface area contributed by atoms with Crippen molar-refractivity contribution in [1.29, 1.82) is 0 Å². The monoisotopic (exact) mass is 345 g/mol. The highest BCUT2D eigenvalue weighted by Gasteiger charge is 2.13. The second-order valence-electron chi connectivity index (χ2n) is 6.82. The molecule has 2 amide bonds. The van der Waals surface area contributed by atoms with Crippen LogP contribution in [0, 0.1) is 0 Å². The van der Waals surface area contributed by atoms with Crippen molar-refractivity contribution in [1.82, 2.24) is 4.90 Å². The number of hydrogen-bond acceptors (Lipinski definition) is 3. The van der Waals surface area contributed by atoms with Gasteiger partial charge in [0.1, 0.15) is 0 Å². The quantitative estimate of drug-likeness (QED) is 0.700. The van der Waals surface area contributed by atoms with Crippen molar-refractivity contribution in [2.45, 2.75) is 58.3 Å². The van der Waals surface area contributed by atoms with E-state index in [4.69, 9.17) is 0 Å². The normalized spacial score (nSPS) is 15.4. The molecular formula is C20H31N3O2. The molecule has 1 aliphatic rings. The lowest BCUT2D eigenvalue weighted by Crippen LogP contribution is -2.33. The van der Waals surface area contributed by atoms with E-state index in [-0.39, 0.29) is 11.8 Å². The van der Waals surface area contributed by atoms with Gasteiger partial charge in [-0.3, -0.25) is 14.5 Å². The lowest BCUT2D eigenvalue weighted by Gasteiger charge is -2.19. The highest BCUT2D eigenvalue weighted by Crippen LogP contribution is 2.16. The smallest absolute Gasteiger partial charge is 0.238 e. The number of carbonyl (C=O) groups excluding carboxylic acids is 2. The molecule has 0 saturated carbocycles. The first kappa shape index (κ1) is 19.4. The number of carbonyl (C=O) groups is 2. The van der Waals surface area contributed by atoms with Gasteiger partial charge in [-0.15, -0.1) is 0 Å². The zero-order valence-electron chi connectivity index (χ0n) is 15.4. The molecule has 1 saturated heterocycles. The molecule has 2 N–H and O–H groups in total. The Labute approximate surface area is 151 Å². The van der Waals surface area contributed by atoms with Crippen LogP contribution in [0.2, 0.25) is 0 Å². The van der Waals surface area contributed by atoms with Crippen molar-refractivity contribution >= 4 is 23.2 Å². The largest absolute Gasteiger partial charge is 0.326 e. The predicted octanol–water partition coefficient (Wildman–Crippen LogP) is 4.02. The van der Waals surface area contributed by atoms with E-state index in [1.54, 1.807) is 0 Å². The number of likely N-dealkylation sites (tertiary alicyclic amines) is 1. The molecule has 1 fully saturated rings. The lowest BCUT2D eigenvalue weighted by molar-refractivity contribution is -0.117. The Morgan fingerprint density at radius 3 is 2.24 bits per heavy atom. The van der Waals surface area contributed by atoms with E-state index < -0.39 is 0 Å². The maximum atomic E-state index is 12.3. The molecule has 25 heavy (non-hydrogen) atoms. The third-order valence-corrected chi connectivity index (χ3v) is 4.50. The Bertz CT molecular complexity index is 552. The molecular weight excluding hydrogens is 314 g/mol. The van der Waals surface area contributed by atoms with Crippen molar-refractivity contribution in [2.24, 2.45) is 0 Å². The van der Waals surface area contributed by atoms with E-state index in [1.807, 2.05) is 24.3 Å². The Balaban J connectivity index is 1.81. The molecule has 0 atom stereocenters. The summed E-state index contributed by atoms with van der Waals surface area (Å²) >= 11 is 0. The van der Waals surface area contributed by atoms with Gasteiger partial charge >= 0.3 is 0 Å². The number of rotatable bonds is 8. The minimum atomic E-state index is 0.00771. The summed E-state index contributed by atoms with van der Waals surface area (Å²) in [6.07, 6.45) is 8.50. The maximum Gasteiger partial charge on any atom is 0.238 e. The zero-order chi connectivity index (χ0) is 17.9. The number of benzene rings is 1. The van der Waals surface area contributed by atoms with E-state index >= 15 is 0 Å². The summed E-state index contributed by atoms with van der Waals surface area (Å²) in [5.74, 6) is 0.0369. The topological polar surface area (TPSA) is 61.4 Å². The molecule has 0 unspecified atom stereocenters. The van der Waals surface area contributed by atoms with Gasteiger partial charge in [-0.2, -0.15) is 0 Å². The molecule has 1 heterocycles. The Kier molecular flexibility index (Phi) is 8.46. The van der Waals surface area contributed by atoms with Crippen molar-refractivity contribution < 1.29 is 9.59 Å². The van der Waals surface area contributed by atoms with Gasteiger partial charge in [0, 0.05) is 17.8 Å². The molecule has 2 rings (SSSR count). The number of anilines is 2. The first-order chi connectivity index (χ1) is 12.2. The summed E-state index contributed by atoms with van der Waals surface area (Å²) in [4.78, 5) is 26.4. The average molecular weight is 345 g/mol. The fourth-order valence-electron chi connectivity index (χ4n) is 3.13. The van der Waals surface area contributed by atoms with Crippen LogP contribution in [0.4, 0.5) is 11.4 Å². The first-order valence-corrected chi connectivity index (χ1v) is 9.59. The SMILES string of the molecule is CCCCCC(=O)Nc1cccc(NC(=O)CN2CCCCCC2)c1. The molecule has 0 spiro atoms. The van der Waals surface area contributed by atoms with E-state index in [0.29, 0.717) is 13.0 Å². The van der Waals surface area contributed by atoms with Gasteiger partial charge in [0.05, 0.1) is 6.54 Å². The van der Waals surface area contributed by atoms with Crippen molar-refractivity contribution in [2.75, 3.05) is 30.3 Å². The molecule has 138 valence electrons. The fourth-order valence-corrected chi connectivity index (χ4v) is 3.13. The van der Waals surface area contributed by atoms with Crippen LogP contribution >= 0.6 is 0 Å². The molecule has 0 radical (unpaired) electrons. The van der Waals surface area contributed by atoms with Crippen LogP contribution < -0.4 is 10.6 Å². The van der Waals surface area contributed by atoms with Crippen LogP contribution in [0.1, 0.15) is 58.3 Å². The van der Waals surface area contributed by atoms with E-state index in [1.165, 1.54) is 25.7 Å². The third kappa shape index (κ3) is 7.69. The predicted molar refractivity (Wildman–Crippen MR) is 103 cm³/mol. The second kappa shape index (κ2) is 10.9.